The van der Waals surface area contributed by atoms with E-state index in [1.807, 2.05) is 18.2 Å². The van der Waals surface area contributed by atoms with E-state index in [4.69, 9.17) is 5.73 Å². The SMILES string of the molecule is CCN1CCCC[C@@H]1CNC(=O)c1ccccc1S[C@H](C)C(N)=O. The lowest BCUT2D eigenvalue weighted by Crippen LogP contribution is -2.46. The average Bonchev–Trinajstić information content (AvgIpc) is 2.60. The molecule has 1 aromatic rings. The van der Waals surface area contributed by atoms with E-state index >= 15 is 0 Å². The van der Waals surface area contributed by atoms with Gasteiger partial charge in [0.1, 0.15) is 0 Å². The Bertz CT molecular complexity index is 579. The minimum Gasteiger partial charge on any atom is -0.369 e. The second kappa shape index (κ2) is 9.08. The summed E-state index contributed by atoms with van der Waals surface area (Å²) in [6.45, 7) is 6.71. The minimum absolute atomic E-state index is 0.0867. The molecule has 0 spiro atoms. The highest BCUT2D eigenvalue weighted by molar-refractivity contribution is 8.00. The molecule has 1 aromatic carbocycles. The molecular weight excluding hydrogens is 322 g/mol. The molecule has 5 nitrogen and oxygen atoms in total. The number of primary amides is 1. The summed E-state index contributed by atoms with van der Waals surface area (Å²) in [6.07, 6.45) is 3.59. The van der Waals surface area contributed by atoms with Crippen molar-refractivity contribution in [1.82, 2.24) is 10.2 Å². The fourth-order valence-corrected chi connectivity index (χ4v) is 3.96. The Morgan fingerprint density at radius 3 is 2.83 bits per heavy atom. The molecule has 0 bridgehead atoms. The van der Waals surface area contributed by atoms with Crippen molar-refractivity contribution in [3.05, 3.63) is 29.8 Å². The Kier molecular flexibility index (Phi) is 7.12. The van der Waals surface area contributed by atoms with Crippen LogP contribution in [0, 0.1) is 0 Å². The zero-order chi connectivity index (χ0) is 17.5. The van der Waals surface area contributed by atoms with Crippen LogP contribution in [0.4, 0.5) is 0 Å². The van der Waals surface area contributed by atoms with Gasteiger partial charge in [0.15, 0.2) is 0 Å². The third-order valence-electron chi connectivity index (χ3n) is 4.49. The number of rotatable bonds is 7. The zero-order valence-electron chi connectivity index (χ0n) is 14.5. The molecule has 1 saturated heterocycles. The Morgan fingerprint density at radius 2 is 2.12 bits per heavy atom. The summed E-state index contributed by atoms with van der Waals surface area (Å²) >= 11 is 1.33. The number of nitrogens with one attached hydrogen (secondary N) is 1. The number of carbonyl (C=O) groups excluding carboxylic acids is 2. The molecule has 1 heterocycles. The maximum Gasteiger partial charge on any atom is 0.252 e. The molecule has 2 rings (SSSR count). The summed E-state index contributed by atoms with van der Waals surface area (Å²) in [4.78, 5) is 27.1. The van der Waals surface area contributed by atoms with E-state index < -0.39 is 0 Å². The number of hydrogen-bond donors (Lipinski definition) is 2. The highest BCUT2D eigenvalue weighted by Crippen LogP contribution is 2.26. The normalized spacial score (nSPS) is 19.7. The first kappa shape index (κ1) is 18.8. The van der Waals surface area contributed by atoms with E-state index in [2.05, 4.69) is 17.1 Å². The van der Waals surface area contributed by atoms with Gasteiger partial charge >= 0.3 is 0 Å². The van der Waals surface area contributed by atoms with Crippen LogP contribution in [-0.2, 0) is 4.79 Å². The predicted molar refractivity (Wildman–Crippen MR) is 98.2 cm³/mol. The van der Waals surface area contributed by atoms with Gasteiger partial charge in [-0.3, -0.25) is 14.5 Å². The van der Waals surface area contributed by atoms with Crippen molar-refractivity contribution in [3.8, 4) is 0 Å². The Balaban J connectivity index is 2.00. The van der Waals surface area contributed by atoms with Crippen LogP contribution in [0.1, 0.15) is 43.5 Å². The molecule has 1 aliphatic heterocycles. The molecule has 0 aliphatic carbocycles. The monoisotopic (exact) mass is 349 g/mol. The number of nitrogens with zero attached hydrogens (tertiary/aromatic N) is 1. The molecule has 0 radical (unpaired) electrons. The first-order chi connectivity index (χ1) is 11.5. The van der Waals surface area contributed by atoms with Crippen molar-refractivity contribution >= 4 is 23.6 Å². The largest absolute Gasteiger partial charge is 0.369 e. The first-order valence-electron chi connectivity index (χ1n) is 8.60. The number of thioether (sulfide) groups is 1. The summed E-state index contributed by atoms with van der Waals surface area (Å²) in [7, 11) is 0. The van der Waals surface area contributed by atoms with Gasteiger partial charge < -0.3 is 11.1 Å². The molecule has 24 heavy (non-hydrogen) atoms. The number of piperidine rings is 1. The van der Waals surface area contributed by atoms with Gasteiger partial charge in [-0.1, -0.05) is 25.5 Å². The van der Waals surface area contributed by atoms with Crippen molar-refractivity contribution in [2.45, 2.75) is 49.3 Å². The lowest BCUT2D eigenvalue weighted by Gasteiger charge is -2.34. The molecular formula is C18H27N3O2S. The van der Waals surface area contributed by atoms with Gasteiger partial charge in [-0.15, -0.1) is 11.8 Å². The number of likely N-dealkylation sites (N-methyl/N-ethyl adjacent to an activating group) is 1. The Labute approximate surface area is 148 Å². The molecule has 132 valence electrons. The lowest BCUT2D eigenvalue weighted by atomic mass is 10.0. The van der Waals surface area contributed by atoms with Crippen LogP contribution in [-0.4, -0.2) is 47.6 Å². The van der Waals surface area contributed by atoms with E-state index in [9.17, 15) is 9.59 Å². The molecule has 0 unspecified atom stereocenters. The second-order valence-electron chi connectivity index (χ2n) is 6.15. The quantitative estimate of drug-likeness (QED) is 0.741. The van der Waals surface area contributed by atoms with Crippen LogP contribution in [0.25, 0.3) is 0 Å². The standard InChI is InChI=1S/C18H27N3O2S/c1-3-21-11-7-6-8-14(21)12-20-18(23)15-9-4-5-10-16(15)24-13(2)17(19)22/h4-5,9-10,13-14H,3,6-8,11-12H2,1-2H3,(H2,19,22)(H,20,23)/t13-,14-/m1/s1. The molecule has 1 fully saturated rings. The number of carbonyl (C=O) groups is 2. The number of nitrogens with two attached hydrogens (primary N) is 1. The van der Waals surface area contributed by atoms with Gasteiger partial charge in [0.2, 0.25) is 5.91 Å². The van der Waals surface area contributed by atoms with E-state index in [-0.39, 0.29) is 17.1 Å². The second-order valence-corrected chi connectivity index (χ2v) is 7.53. The Morgan fingerprint density at radius 1 is 1.38 bits per heavy atom. The fraction of sp³-hybridized carbons (Fsp3) is 0.556. The smallest absolute Gasteiger partial charge is 0.252 e. The highest BCUT2D eigenvalue weighted by Gasteiger charge is 2.22. The van der Waals surface area contributed by atoms with Gasteiger partial charge in [-0.05, 0) is 45.0 Å². The third-order valence-corrected chi connectivity index (χ3v) is 5.69. The van der Waals surface area contributed by atoms with Crippen molar-refractivity contribution in [2.75, 3.05) is 19.6 Å². The molecule has 2 atom stereocenters. The Hall–Kier alpha value is -1.53. The van der Waals surface area contributed by atoms with Gasteiger partial charge in [-0.25, -0.2) is 0 Å². The number of hydrogen-bond acceptors (Lipinski definition) is 4. The topological polar surface area (TPSA) is 75.4 Å². The van der Waals surface area contributed by atoms with Gasteiger partial charge in [-0.2, -0.15) is 0 Å². The van der Waals surface area contributed by atoms with Crippen LogP contribution < -0.4 is 11.1 Å². The third kappa shape index (κ3) is 4.98. The maximum atomic E-state index is 12.6. The van der Waals surface area contributed by atoms with Gasteiger partial charge in [0.25, 0.3) is 5.91 Å². The predicted octanol–water partition coefficient (Wildman–Crippen LogP) is 2.26. The molecule has 0 saturated carbocycles. The summed E-state index contributed by atoms with van der Waals surface area (Å²) in [5, 5.41) is 2.70. The lowest BCUT2D eigenvalue weighted by molar-refractivity contribution is -0.117. The molecule has 3 N–H and O–H groups in total. The first-order valence-corrected chi connectivity index (χ1v) is 9.48. The molecule has 6 heteroatoms. The summed E-state index contributed by atoms with van der Waals surface area (Å²) in [5.41, 5.74) is 5.94. The van der Waals surface area contributed by atoms with Crippen LogP contribution in [0.3, 0.4) is 0 Å². The highest BCUT2D eigenvalue weighted by atomic mass is 32.2. The van der Waals surface area contributed by atoms with Crippen molar-refractivity contribution < 1.29 is 9.59 Å². The average molecular weight is 350 g/mol. The molecule has 1 aliphatic rings. The van der Waals surface area contributed by atoms with E-state index in [1.165, 1.54) is 24.6 Å². The fourth-order valence-electron chi connectivity index (χ4n) is 3.02. The number of amides is 2. The van der Waals surface area contributed by atoms with Gasteiger partial charge in [0, 0.05) is 17.5 Å². The summed E-state index contributed by atoms with van der Waals surface area (Å²) < 4.78 is 0. The molecule has 2 amide bonds. The van der Waals surface area contributed by atoms with Crippen molar-refractivity contribution in [1.29, 1.82) is 0 Å². The summed E-state index contributed by atoms with van der Waals surface area (Å²) in [6, 6.07) is 7.78. The van der Waals surface area contributed by atoms with Crippen LogP contribution >= 0.6 is 11.8 Å². The van der Waals surface area contributed by atoms with Gasteiger partial charge in [0.05, 0.1) is 10.8 Å². The van der Waals surface area contributed by atoms with Crippen LogP contribution in [0.5, 0.6) is 0 Å². The number of likely N-dealkylation sites (tertiary alicyclic amines) is 1. The van der Waals surface area contributed by atoms with Crippen molar-refractivity contribution in [2.24, 2.45) is 5.73 Å². The number of benzene rings is 1. The summed E-state index contributed by atoms with van der Waals surface area (Å²) in [5.74, 6) is -0.465. The van der Waals surface area contributed by atoms with E-state index in [0.29, 0.717) is 18.2 Å². The van der Waals surface area contributed by atoms with Crippen LogP contribution in [0.2, 0.25) is 0 Å². The van der Waals surface area contributed by atoms with E-state index in [0.717, 1.165) is 24.4 Å². The molecule has 0 aromatic heterocycles. The zero-order valence-corrected chi connectivity index (χ0v) is 15.3. The van der Waals surface area contributed by atoms with E-state index in [1.54, 1.807) is 13.0 Å². The van der Waals surface area contributed by atoms with Crippen LogP contribution in [0.15, 0.2) is 29.2 Å². The van der Waals surface area contributed by atoms with Crippen molar-refractivity contribution in [3.63, 3.8) is 0 Å². The minimum atomic E-state index is -0.379. The maximum absolute atomic E-state index is 12.6.